The molecule has 1 aromatic rings. The average molecular weight is 345 g/mol. The third-order valence-electron chi connectivity index (χ3n) is 6.60. The molecule has 0 aliphatic carbocycles. The average Bonchev–Trinajstić information content (AvgIpc) is 2.99. The van der Waals surface area contributed by atoms with Crippen LogP contribution in [0.3, 0.4) is 0 Å². The zero-order valence-corrected chi connectivity index (χ0v) is 16.3. The number of nitrogens with two attached hydrogens (primary N) is 1. The summed E-state index contributed by atoms with van der Waals surface area (Å²) in [6, 6.07) is 12.1. The maximum Gasteiger partial charge on any atom is 0.0474 e. The second-order valence-corrected chi connectivity index (χ2v) is 8.15. The van der Waals surface area contributed by atoms with E-state index in [4.69, 9.17) is 5.73 Å². The lowest BCUT2D eigenvalue weighted by Crippen LogP contribution is -2.62. The Bertz CT molecular complexity index is 526. The standard InChI is InChI=1S/C21H36N4/c1-4-18(2)23-10-12-25(13-11-23)21(16-22)14-19(3)24(17-21)15-20-8-6-5-7-9-20/h5-9,18-19H,4,10-17,22H2,1-3H3. The van der Waals surface area contributed by atoms with Gasteiger partial charge in [-0.05, 0) is 32.3 Å². The molecule has 3 unspecified atom stereocenters. The number of rotatable bonds is 6. The van der Waals surface area contributed by atoms with Gasteiger partial charge in [0.15, 0.2) is 0 Å². The fraction of sp³-hybridized carbons (Fsp3) is 0.714. The minimum absolute atomic E-state index is 0.162. The Morgan fingerprint density at radius 1 is 1.16 bits per heavy atom. The Labute approximate surface area is 154 Å². The maximum atomic E-state index is 6.36. The molecular weight excluding hydrogens is 308 g/mol. The van der Waals surface area contributed by atoms with Crippen LogP contribution in [0.2, 0.25) is 0 Å². The zero-order chi connectivity index (χ0) is 17.9. The summed E-state index contributed by atoms with van der Waals surface area (Å²) < 4.78 is 0. The van der Waals surface area contributed by atoms with Crippen LogP contribution in [0.4, 0.5) is 0 Å². The van der Waals surface area contributed by atoms with Gasteiger partial charge in [0.25, 0.3) is 0 Å². The molecule has 25 heavy (non-hydrogen) atoms. The van der Waals surface area contributed by atoms with E-state index in [1.54, 1.807) is 0 Å². The normalized spacial score (nSPS) is 30.6. The van der Waals surface area contributed by atoms with Gasteiger partial charge in [-0.25, -0.2) is 0 Å². The third kappa shape index (κ3) is 4.08. The van der Waals surface area contributed by atoms with Gasteiger partial charge in [-0.15, -0.1) is 0 Å². The summed E-state index contributed by atoms with van der Waals surface area (Å²) in [5.41, 5.74) is 7.92. The highest BCUT2D eigenvalue weighted by atomic mass is 15.4. The predicted octanol–water partition coefficient (Wildman–Crippen LogP) is 2.39. The van der Waals surface area contributed by atoms with Crippen molar-refractivity contribution >= 4 is 0 Å². The maximum absolute atomic E-state index is 6.36. The van der Waals surface area contributed by atoms with Gasteiger partial charge in [-0.3, -0.25) is 14.7 Å². The molecule has 2 aliphatic rings. The third-order valence-corrected chi connectivity index (χ3v) is 6.60. The fourth-order valence-corrected chi connectivity index (χ4v) is 4.71. The molecule has 2 aliphatic heterocycles. The van der Waals surface area contributed by atoms with E-state index >= 15 is 0 Å². The summed E-state index contributed by atoms with van der Waals surface area (Å²) in [6.45, 7) is 14.6. The highest BCUT2D eigenvalue weighted by molar-refractivity contribution is 5.16. The molecule has 2 heterocycles. The zero-order valence-electron chi connectivity index (χ0n) is 16.3. The molecule has 3 rings (SSSR count). The number of piperazine rings is 1. The van der Waals surface area contributed by atoms with Crippen LogP contribution < -0.4 is 5.73 Å². The topological polar surface area (TPSA) is 35.7 Å². The second-order valence-electron chi connectivity index (χ2n) is 8.15. The molecule has 3 atom stereocenters. The Kier molecular flexibility index (Phi) is 6.16. The molecule has 0 radical (unpaired) electrons. The van der Waals surface area contributed by atoms with Gasteiger partial charge in [0.2, 0.25) is 0 Å². The largest absolute Gasteiger partial charge is 0.329 e. The smallest absolute Gasteiger partial charge is 0.0474 e. The van der Waals surface area contributed by atoms with E-state index < -0.39 is 0 Å². The van der Waals surface area contributed by atoms with Gasteiger partial charge in [-0.2, -0.15) is 0 Å². The van der Waals surface area contributed by atoms with E-state index in [-0.39, 0.29) is 5.54 Å². The number of likely N-dealkylation sites (tertiary alicyclic amines) is 1. The molecule has 2 fully saturated rings. The van der Waals surface area contributed by atoms with Gasteiger partial charge in [0.1, 0.15) is 0 Å². The Balaban J connectivity index is 1.64. The highest BCUT2D eigenvalue weighted by Crippen LogP contribution is 2.33. The van der Waals surface area contributed by atoms with Crippen LogP contribution in [-0.4, -0.2) is 71.6 Å². The first-order chi connectivity index (χ1) is 12.1. The van der Waals surface area contributed by atoms with Crippen molar-refractivity contribution in [2.24, 2.45) is 5.73 Å². The highest BCUT2D eigenvalue weighted by Gasteiger charge is 2.46. The number of benzene rings is 1. The van der Waals surface area contributed by atoms with Crippen LogP contribution in [0.1, 0.15) is 39.2 Å². The molecule has 4 nitrogen and oxygen atoms in total. The number of nitrogens with zero attached hydrogens (tertiary/aromatic N) is 3. The SMILES string of the molecule is CCC(C)N1CCN(C2(CN)CC(C)N(Cc3ccccc3)C2)CC1. The molecule has 0 aromatic heterocycles. The molecule has 0 saturated carbocycles. The first-order valence-electron chi connectivity index (χ1n) is 10.0. The minimum Gasteiger partial charge on any atom is -0.329 e. The van der Waals surface area contributed by atoms with E-state index in [0.717, 1.165) is 32.7 Å². The first kappa shape index (κ1) is 18.8. The summed E-state index contributed by atoms with van der Waals surface area (Å²) in [7, 11) is 0. The summed E-state index contributed by atoms with van der Waals surface area (Å²) in [5, 5.41) is 0. The van der Waals surface area contributed by atoms with Crippen molar-refractivity contribution in [1.82, 2.24) is 14.7 Å². The van der Waals surface area contributed by atoms with Crippen LogP contribution in [0, 0.1) is 0 Å². The summed E-state index contributed by atoms with van der Waals surface area (Å²) in [5.74, 6) is 0. The van der Waals surface area contributed by atoms with Crippen molar-refractivity contribution in [3.8, 4) is 0 Å². The lowest BCUT2D eigenvalue weighted by atomic mass is 9.93. The van der Waals surface area contributed by atoms with Crippen LogP contribution in [0.5, 0.6) is 0 Å². The fourth-order valence-electron chi connectivity index (χ4n) is 4.71. The molecule has 2 N–H and O–H groups in total. The van der Waals surface area contributed by atoms with Crippen molar-refractivity contribution in [2.45, 2.75) is 57.8 Å². The first-order valence-corrected chi connectivity index (χ1v) is 10.0. The van der Waals surface area contributed by atoms with E-state index in [9.17, 15) is 0 Å². The van der Waals surface area contributed by atoms with Gasteiger partial charge < -0.3 is 5.73 Å². The Morgan fingerprint density at radius 3 is 2.44 bits per heavy atom. The molecule has 1 aromatic carbocycles. The molecule has 0 spiro atoms. The van der Waals surface area contributed by atoms with Crippen molar-refractivity contribution in [3.63, 3.8) is 0 Å². The summed E-state index contributed by atoms with van der Waals surface area (Å²) in [4.78, 5) is 7.97. The van der Waals surface area contributed by atoms with Gasteiger partial charge in [0.05, 0.1) is 0 Å². The van der Waals surface area contributed by atoms with Crippen molar-refractivity contribution in [2.75, 3.05) is 39.3 Å². The molecule has 140 valence electrons. The van der Waals surface area contributed by atoms with E-state index in [1.165, 1.54) is 31.5 Å². The van der Waals surface area contributed by atoms with Crippen LogP contribution in [0.15, 0.2) is 30.3 Å². The van der Waals surface area contributed by atoms with Gasteiger partial charge >= 0.3 is 0 Å². The van der Waals surface area contributed by atoms with Crippen LogP contribution in [-0.2, 0) is 6.54 Å². The summed E-state index contributed by atoms with van der Waals surface area (Å²) in [6.07, 6.45) is 2.43. The lowest BCUT2D eigenvalue weighted by molar-refractivity contribution is 0.0265. The van der Waals surface area contributed by atoms with Crippen molar-refractivity contribution in [1.29, 1.82) is 0 Å². The molecule has 4 heteroatoms. The molecule has 2 saturated heterocycles. The van der Waals surface area contributed by atoms with Gasteiger partial charge in [0, 0.05) is 63.4 Å². The van der Waals surface area contributed by atoms with Crippen molar-refractivity contribution in [3.05, 3.63) is 35.9 Å². The molecule has 0 bridgehead atoms. The molecular formula is C21H36N4. The lowest BCUT2D eigenvalue weighted by Gasteiger charge is -2.46. The molecule has 0 amide bonds. The monoisotopic (exact) mass is 344 g/mol. The Morgan fingerprint density at radius 2 is 1.84 bits per heavy atom. The van der Waals surface area contributed by atoms with Crippen LogP contribution in [0.25, 0.3) is 0 Å². The minimum atomic E-state index is 0.162. The predicted molar refractivity (Wildman–Crippen MR) is 106 cm³/mol. The number of hydrogen-bond acceptors (Lipinski definition) is 4. The van der Waals surface area contributed by atoms with Crippen LogP contribution >= 0.6 is 0 Å². The second kappa shape index (κ2) is 8.17. The van der Waals surface area contributed by atoms with Gasteiger partial charge in [-0.1, -0.05) is 37.3 Å². The van der Waals surface area contributed by atoms with E-state index in [0.29, 0.717) is 12.1 Å². The van der Waals surface area contributed by atoms with Crippen molar-refractivity contribution < 1.29 is 0 Å². The number of hydrogen-bond donors (Lipinski definition) is 1. The quantitative estimate of drug-likeness (QED) is 0.860. The van der Waals surface area contributed by atoms with E-state index in [1.807, 2.05) is 0 Å². The summed E-state index contributed by atoms with van der Waals surface area (Å²) >= 11 is 0. The Hall–Kier alpha value is -0.940. The van der Waals surface area contributed by atoms with E-state index in [2.05, 4.69) is 65.8 Å².